The first kappa shape index (κ1) is 20.1. The fraction of sp³-hybridized carbons (Fsp3) is 0.182. The van der Waals surface area contributed by atoms with Crippen LogP contribution in [0.15, 0.2) is 53.3 Å². The fourth-order valence-corrected chi connectivity index (χ4v) is 4.10. The van der Waals surface area contributed by atoms with Crippen LogP contribution >= 0.6 is 11.6 Å². The highest BCUT2D eigenvalue weighted by Crippen LogP contribution is 2.33. The van der Waals surface area contributed by atoms with E-state index in [2.05, 4.69) is 35.8 Å². The van der Waals surface area contributed by atoms with Crippen molar-refractivity contribution in [2.24, 2.45) is 0 Å². The number of nitrogens with one attached hydrogen (secondary N) is 2. The molecule has 0 amide bonds. The van der Waals surface area contributed by atoms with Crippen molar-refractivity contribution in [3.8, 4) is 22.5 Å². The van der Waals surface area contributed by atoms with E-state index >= 15 is 0 Å². The smallest absolute Gasteiger partial charge is 0.290 e. The predicted molar refractivity (Wildman–Crippen MR) is 121 cm³/mol. The fourth-order valence-electron chi connectivity index (χ4n) is 3.93. The summed E-state index contributed by atoms with van der Waals surface area (Å²) in [5, 5.41) is 21.0. The van der Waals surface area contributed by atoms with Gasteiger partial charge in [-0.1, -0.05) is 74.0 Å². The van der Waals surface area contributed by atoms with Crippen molar-refractivity contribution in [2.45, 2.75) is 26.3 Å². The Kier molecular flexibility index (Phi) is 5.02. The minimum atomic E-state index is -0.325. The number of H-pyrrole nitrogens is 2. The quantitative estimate of drug-likeness (QED) is 0.424. The van der Waals surface area contributed by atoms with Gasteiger partial charge in [0.15, 0.2) is 5.15 Å². The van der Waals surface area contributed by atoms with Crippen LogP contribution in [0.2, 0.25) is 5.15 Å². The highest BCUT2D eigenvalue weighted by molar-refractivity contribution is 6.33. The average molecular weight is 447 g/mol. The molecule has 2 aromatic carbocycles. The standard InChI is InChI=1S/C22H19ClN8O/c1-12(2)21-24-17-18(22(32)28-25-19(17)23)31(21)11-13-7-3-4-8-14(13)15-9-5-6-10-16(15)20-26-29-30-27-20/h3-10,12H,11H2,1-2H3,(H,28,32)(H,26,27,29,30). The lowest BCUT2D eigenvalue weighted by Crippen LogP contribution is -2.15. The molecule has 0 atom stereocenters. The molecule has 10 heteroatoms. The van der Waals surface area contributed by atoms with Gasteiger partial charge in [-0.05, 0) is 21.9 Å². The summed E-state index contributed by atoms with van der Waals surface area (Å²) in [5.74, 6) is 1.36. The van der Waals surface area contributed by atoms with Crippen LogP contribution in [0.4, 0.5) is 0 Å². The van der Waals surface area contributed by atoms with E-state index in [4.69, 9.17) is 11.6 Å². The summed E-state index contributed by atoms with van der Waals surface area (Å²) in [7, 11) is 0. The van der Waals surface area contributed by atoms with Crippen LogP contribution in [0.1, 0.15) is 31.2 Å². The number of hydrogen-bond acceptors (Lipinski definition) is 6. The zero-order valence-corrected chi connectivity index (χ0v) is 18.1. The summed E-state index contributed by atoms with van der Waals surface area (Å²) >= 11 is 6.25. The lowest BCUT2D eigenvalue weighted by Gasteiger charge is -2.16. The van der Waals surface area contributed by atoms with E-state index in [9.17, 15) is 4.79 Å². The van der Waals surface area contributed by atoms with Crippen molar-refractivity contribution in [2.75, 3.05) is 0 Å². The third kappa shape index (κ3) is 3.36. The molecule has 0 radical (unpaired) electrons. The summed E-state index contributed by atoms with van der Waals surface area (Å²) in [6.45, 7) is 4.50. The van der Waals surface area contributed by atoms with Crippen LogP contribution in [0.3, 0.4) is 0 Å². The van der Waals surface area contributed by atoms with Crippen LogP contribution < -0.4 is 5.56 Å². The highest BCUT2D eigenvalue weighted by Gasteiger charge is 2.21. The Morgan fingerprint density at radius 3 is 2.44 bits per heavy atom. The first-order valence-electron chi connectivity index (χ1n) is 10.1. The highest BCUT2D eigenvalue weighted by atomic mass is 35.5. The van der Waals surface area contributed by atoms with Crippen molar-refractivity contribution in [3.05, 3.63) is 75.4 Å². The number of nitrogens with zero attached hydrogens (tertiary/aromatic N) is 6. The van der Waals surface area contributed by atoms with Gasteiger partial charge in [0.2, 0.25) is 5.82 Å². The van der Waals surface area contributed by atoms with Crippen LogP contribution in [0, 0.1) is 0 Å². The first-order chi connectivity index (χ1) is 15.5. The second kappa shape index (κ2) is 8.01. The summed E-state index contributed by atoms with van der Waals surface area (Å²) in [6, 6.07) is 15.9. The molecule has 0 saturated heterocycles. The molecule has 0 fully saturated rings. The number of tetrazole rings is 1. The monoisotopic (exact) mass is 446 g/mol. The summed E-state index contributed by atoms with van der Waals surface area (Å²) < 4.78 is 1.92. The van der Waals surface area contributed by atoms with Gasteiger partial charge < -0.3 is 4.57 Å². The number of fused-ring (bicyclic) bond motifs is 1. The van der Waals surface area contributed by atoms with Crippen molar-refractivity contribution < 1.29 is 0 Å². The van der Waals surface area contributed by atoms with E-state index in [1.165, 1.54) is 0 Å². The molecule has 3 heterocycles. The van der Waals surface area contributed by atoms with E-state index in [0.717, 1.165) is 28.1 Å². The molecule has 5 aromatic rings. The molecule has 0 aliphatic carbocycles. The number of aromatic nitrogens is 8. The van der Waals surface area contributed by atoms with E-state index in [1.54, 1.807) is 0 Å². The minimum absolute atomic E-state index is 0.0802. The van der Waals surface area contributed by atoms with Crippen LogP contribution in [-0.2, 0) is 6.54 Å². The topological polar surface area (TPSA) is 118 Å². The molecule has 5 rings (SSSR count). The second-order valence-corrected chi connectivity index (χ2v) is 8.05. The van der Waals surface area contributed by atoms with Crippen molar-refractivity contribution in [1.82, 2.24) is 40.4 Å². The van der Waals surface area contributed by atoms with Crippen LogP contribution in [0.25, 0.3) is 33.5 Å². The Morgan fingerprint density at radius 2 is 1.72 bits per heavy atom. The molecular weight excluding hydrogens is 428 g/mol. The Bertz CT molecular complexity index is 1470. The molecule has 0 saturated carbocycles. The zero-order chi connectivity index (χ0) is 22.2. The van der Waals surface area contributed by atoms with E-state index in [0.29, 0.717) is 23.4 Å². The van der Waals surface area contributed by atoms with E-state index in [-0.39, 0.29) is 16.6 Å². The number of hydrogen-bond donors (Lipinski definition) is 2. The van der Waals surface area contributed by atoms with Gasteiger partial charge >= 0.3 is 0 Å². The lowest BCUT2D eigenvalue weighted by molar-refractivity contribution is 0.682. The Labute approximate surface area is 187 Å². The van der Waals surface area contributed by atoms with Gasteiger partial charge in [0.1, 0.15) is 16.9 Å². The molecule has 9 nitrogen and oxygen atoms in total. The maximum absolute atomic E-state index is 12.7. The second-order valence-electron chi connectivity index (χ2n) is 7.69. The maximum atomic E-state index is 12.7. The van der Waals surface area contributed by atoms with Gasteiger partial charge in [-0.3, -0.25) is 4.79 Å². The van der Waals surface area contributed by atoms with Gasteiger partial charge in [0.05, 0.1) is 6.54 Å². The molecule has 2 N–H and O–H groups in total. The molecule has 0 spiro atoms. The van der Waals surface area contributed by atoms with Crippen LogP contribution in [0.5, 0.6) is 0 Å². The van der Waals surface area contributed by atoms with Gasteiger partial charge in [-0.15, -0.1) is 10.2 Å². The molecule has 160 valence electrons. The van der Waals surface area contributed by atoms with Crippen molar-refractivity contribution in [3.63, 3.8) is 0 Å². The van der Waals surface area contributed by atoms with Crippen LogP contribution in [-0.4, -0.2) is 40.4 Å². The maximum Gasteiger partial charge on any atom is 0.290 e. The lowest BCUT2D eigenvalue weighted by atomic mass is 9.95. The number of benzene rings is 2. The average Bonchev–Trinajstić information content (AvgIpc) is 3.46. The molecule has 32 heavy (non-hydrogen) atoms. The Hall–Kier alpha value is -3.85. The molecule has 0 unspecified atom stereocenters. The molecule has 3 aromatic heterocycles. The molecule has 0 aliphatic rings. The normalized spacial score (nSPS) is 11.5. The predicted octanol–water partition coefficient (Wildman–Crippen LogP) is 3.79. The number of aromatic amines is 2. The molecule has 0 bridgehead atoms. The Balaban J connectivity index is 1.70. The van der Waals surface area contributed by atoms with Gasteiger partial charge in [0.25, 0.3) is 5.56 Å². The van der Waals surface area contributed by atoms with Gasteiger partial charge in [0, 0.05) is 11.5 Å². The Morgan fingerprint density at radius 1 is 1.00 bits per heavy atom. The molecular formula is C22H19ClN8O. The third-order valence-electron chi connectivity index (χ3n) is 5.33. The summed E-state index contributed by atoms with van der Waals surface area (Å²) in [4.78, 5) is 17.3. The zero-order valence-electron chi connectivity index (χ0n) is 17.4. The first-order valence-corrected chi connectivity index (χ1v) is 10.5. The van der Waals surface area contributed by atoms with Gasteiger partial charge in [-0.25, -0.2) is 10.1 Å². The van der Waals surface area contributed by atoms with Gasteiger partial charge in [-0.2, -0.15) is 10.3 Å². The minimum Gasteiger partial charge on any atom is -0.319 e. The largest absolute Gasteiger partial charge is 0.319 e. The van der Waals surface area contributed by atoms with Crippen molar-refractivity contribution in [1.29, 1.82) is 0 Å². The van der Waals surface area contributed by atoms with E-state index < -0.39 is 0 Å². The summed E-state index contributed by atoms with van der Waals surface area (Å²) in [5.41, 5.74) is 4.33. The number of rotatable bonds is 5. The number of imidazole rings is 1. The van der Waals surface area contributed by atoms with E-state index in [1.807, 2.05) is 66.9 Å². The number of halogens is 1. The summed E-state index contributed by atoms with van der Waals surface area (Å²) in [6.07, 6.45) is 0. The van der Waals surface area contributed by atoms with Crippen molar-refractivity contribution >= 4 is 22.6 Å². The third-order valence-corrected chi connectivity index (χ3v) is 5.59. The molecule has 0 aliphatic heterocycles. The SMILES string of the molecule is CC(C)c1nc2c(Cl)n[nH]c(=O)c2n1Cc1ccccc1-c1ccccc1-c1nn[nH]n1.